The molecule has 0 radical (unpaired) electrons. The van der Waals surface area contributed by atoms with Crippen LogP contribution in [-0.2, 0) is 9.59 Å². The third-order valence-electron chi connectivity index (χ3n) is 4.07. The molecule has 0 spiro atoms. The number of amides is 2. The summed E-state index contributed by atoms with van der Waals surface area (Å²) in [4.78, 5) is 25.3. The predicted molar refractivity (Wildman–Crippen MR) is 97.1 cm³/mol. The van der Waals surface area contributed by atoms with Gasteiger partial charge in [0.1, 0.15) is 0 Å². The van der Waals surface area contributed by atoms with Crippen LogP contribution in [0.3, 0.4) is 0 Å². The van der Waals surface area contributed by atoms with Gasteiger partial charge >= 0.3 is 0 Å². The van der Waals surface area contributed by atoms with Crippen LogP contribution >= 0.6 is 0 Å². The molecule has 5 nitrogen and oxygen atoms in total. The first kappa shape index (κ1) is 17.9. The number of likely N-dealkylation sites (N-methyl/N-ethyl adjacent to an activating group) is 1. The molecule has 2 rings (SSSR count). The molecule has 2 aromatic rings. The van der Waals surface area contributed by atoms with Gasteiger partial charge < -0.3 is 15.5 Å². The Morgan fingerprint density at radius 3 is 2.42 bits per heavy atom. The lowest BCUT2D eigenvalue weighted by molar-refractivity contribution is -0.885. The van der Waals surface area contributed by atoms with Gasteiger partial charge in [0.2, 0.25) is 0 Å². The van der Waals surface area contributed by atoms with E-state index in [4.69, 9.17) is 0 Å². The second-order valence-electron chi connectivity index (χ2n) is 6.48. The van der Waals surface area contributed by atoms with Crippen molar-refractivity contribution < 1.29 is 14.5 Å². The van der Waals surface area contributed by atoms with Crippen LogP contribution in [0.2, 0.25) is 0 Å². The summed E-state index contributed by atoms with van der Waals surface area (Å²) in [6, 6.07) is 13.5. The van der Waals surface area contributed by atoms with Crippen LogP contribution in [0, 0.1) is 0 Å². The van der Waals surface area contributed by atoms with Gasteiger partial charge in [0.25, 0.3) is 11.8 Å². The van der Waals surface area contributed by atoms with Crippen LogP contribution in [0.1, 0.15) is 20.8 Å². The number of hydrogen-bond acceptors (Lipinski definition) is 2. The Kier molecular flexibility index (Phi) is 5.93. The second kappa shape index (κ2) is 7.93. The van der Waals surface area contributed by atoms with Crippen LogP contribution in [0.5, 0.6) is 0 Å². The number of hydrogen-bond donors (Lipinski definition) is 3. The van der Waals surface area contributed by atoms with E-state index in [2.05, 4.69) is 10.6 Å². The third kappa shape index (κ3) is 4.55. The van der Waals surface area contributed by atoms with Crippen molar-refractivity contribution in [3.8, 4) is 0 Å². The minimum atomic E-state index is -0.332. The van der Waals surface area contributed by atoms with Crippen LogP contribution < -0.4 is 15.5 Å². The van der Waals surface area contributed by atoms with Gasteiger partial charge in [-0.1, -0.05) is 36.4 Å². The summed E-state index contributed by atoms with van der Waals surface area (Å²) in [7, 11) is 1.85. The Morgan fingerprint density at radius 2 is 1.71 bits per heavy atom. The van der Waals surface area contributed by atoms with E-state index in [1.807, 2.05) is 70.3 Å². The second-order valence-corrected chi connectivity index (χ2v) is 6.48. The first-order valence-corrected chi connectivity index (χ1v) is 8.28. The molecule has 1 unspecified atom stereocenters. The van der Waals surface area contributed by atoms with E-state index in [0.29, 0.717) is 0 Å². The van der Waals surface area contributed by atoms with Crippen molar-refractivity contribution in [3.63, 3.8) is 0 Å². The van der Waals surface area contributed by atoms with E-state index >= 15 is 0 Å². The lowest BCUT2D eigenvalue weighted by atomic mass is 10.1. The molecule has 2 aromatic carbocycles. The summed E-state index contributed by atoms with van der Waals surface area (Å²) in [6.07, 6.45) is 0. The maximum absolute atomic E-state index is 12.5. The summed E-state index contributed by atoms with van der Waals surface area (Å²) in [6.45, 7) is 5.94. The summed E-state index contributed by atoms with van der Waals surface area (Å²) >= 11 is 0. The minimum Gasteiger partial charge on any atom is -0.349 e. The fraction of sp³-hybridized carbons (Fsp3) is 0.368. The number of fused-ring (bicyclic) bond motifs is 1. The molecule has 0 aliphatic rings. The first-order chi connectivity index (χ1) is 11.4. The van der Waals surface area contributed by atoms with E-state index in [1.165, 1.54) is 0 Å². The quantitative estimate of drug-likeness (QED) is 0.746. The van der Waals surface area contributed by atoms with Crippen molar-refractivity contribution >= 4 is 28.3 Å². The molecule has 0 fully saturated rings. The molecule has 0 aliphatic carbocycles. The van der Waals surface area contributed by atoms with E-state index in [-0.39, 0.29) is 30.4 Å². The van der Waals surface area contributed by atoms with Crippen molar-refractivity contribution in [3.05, 3.63) is 42.5 Å². The molecule has 128 valence electrons. The molecule has 0 heterocycles. The number of rotatable bonds is 6. The largest absolute Gasteiger partial charge is 0.349 e. The Labute approximate surface area is 143 Å². The number of benzene rings is 2. The zero-order chi connectivity index (χ0) is 17.7. The first-order valence-electron chi connectivity index (χ1n) is 8.28. The van der Waals surface area contributed by atoms with E-state index in [9.17, 15) is 9.59 Å². The number of nitrogens with one attached hydrogen (secondary N) is 3. The molecule has 2 atom stereocenters. The molecule has 3 N–H and O–H groups in total. The third-order valence-corrected chi connectivity index (χ3v) is 4.07. The molecule has 2 amide bonds. The highest BCUT2D eigenvalue weighted by atomic mass is 16.2. The van der Waals surface area contributed by atoms with Crippen LogP contribution in [0.15, 0.2) is 42.5 Å². The average molecular weight is 328 g/mol. The van der Waals surface area contributed by atoms with Gasteiger partial charge in [-0.3, -0.25) is 9.59 Å². The van der Waals surface area contributed by atoms with E-state index in [1.54, 1.807) is 0 Å². The predicted octanol–water partition coefficient (Wildman–Crippen LogP) is 1.21. The highest BCUT2D eigenvalue weighted by molar-refractivity contribution is 6.03. The number of anilines is 1. The average Bonchev–Trinajstić information content (AvgIpc) is 2.53. The summed E-state index contributed by atoms with van der Waals surface area (Å²) in [5, 5.41) is 7.93. The molecule has 24 heavy (non-hydrogen) atoms. The normalized spacial score (nSPS) is 13.5. The summed E-state index contributed by atoms with van der Waals surface area (Å²) in [5.74, 6) is -0.145. The molecule has 0 saturated carbocycles. The Morgan fingerprint density at radius 1 is 1.04 bits per heavy atom. The molecular weight excluding hydrogens is 302 g/mol. The van der Waals surface area contributed by atoms with Gasteiger partial charge in [0.05, 0.1) is 7.05 Å². The molecule has 0 bridgehead atoms. The van der Waals surface area contributed by atoms with Crippen molar-refractivity contribution in [2.75, 3.05) is 18.9 Å². The van der Waals surface area contributed by atoms with Crippen LogP contribution in [0.25, 0.3) is 10.8 Å². The zero-order valence-electron chi connectivity index (χ0n) is 14.7. The van der Waals surface area contributed by atoms with Gasteiger partial charge in [0.15, 0.2) is 12.6 Å². The molecule has 0 aromatic heterocycles. The SMILES string of the molecule is CC(C)NC(=O)C[NH+](C)[C@H](C)C(=O)Nc1cccc2ccccc12. The van der Waals surface area contributed by atoms with E-state index < -0.39 is 0 Å². The van der Waals surface area contributed by atoms with Crippen molar-refractivity contribution in [2.45, 2.75) is 32.9 Å². The molecule has 0 aliphatic heterocycles. The van der Waals surface area contributed by atoms with Gasteiger partial charge in [-0.2, -0.15) is 0 Å². The lowest BCUT2D eigenvalue weighted by Crippen LogP contribution is -3.15. The molecule has 0 saturated heterocycles. The molecular formula is C19H26N3O2+. The van der Waals surface area contributed by atoms with Crippen LogP contribution in [-0.4, -0.2) is 37.5 Å². The smallest absolute Gasteiger partial charge is 0.282 e. The zero-order valence-corrected chi connectivity index (χ0v) is 14.7. The highest BCUT2D eigenvalue weighted by Crippen LogP contribution is 2.22. The number of carbonyl (C=O) groups excluding carboxylic acids is 2. The monoisotopic (exact) mass is 328 g/mol. The number of quaternary nitrogens is 1. The van der Waals surface area contributed by atoms with Gasteiger partial charge in [0, 0.05) is 17.1 Å². The van der Waals surface area contributed by atoms with Crippen molar-refractivity contribution in [1.82, 2.24) is 5.32 Å². The maximum Gasteiger partial charge on any atom is 0.282 e. The standard InChI is InChI=1S/C19H25N3O2/c1-13(2)20-18(23)12-22(4)14(3)19(24)21-17-11-7-9-15-8-5-6-10-16(15)17/h5-11,13-14H,12H2,1-4H3,(H,20,23)(H,21,24)/p+1/t14-/m1/s1. The lowest BCUT2D eigenvalue weighted by Gasteiger charge is -2.21. The fourth-order valence-electron chi connectivity index (χ4n) is 2.58. The van der Waals surface area contributed by atoms with Gasteiger partial charge in [-0.15, -0.1) is 0 Å². The Balaban J connectivity index is 2.04. The maximum atomic E-state index is 12.5. The van der Waals surface area contributed by atoms with Crippen molar-refractivity contribution in [1.29, 1.82) is 0 Å². The molecule has 5 heteroatoms. The summed E-state index contributed by atoms with van der Waals surface area (Å²) in [5.41, 5.74) is 0.796. The Bertz CT molecular complexity index is 722. The van der Waals surface area contributed by atoms with E-state index in [0.717, 1.165) is 21.4 Å². The van der Waals surface area contributed by atoms with Crippen LogP contribution in [0.4, 0.5) is 5.69 Å². The van der Waals surface area contributed by atoms with Crippen molar-refractivity contribution in [2.24, 2.45) is 0 Å². The Hall–Kier alpha value is -2.40. The minimum absolute atomic E-state index is 0.0488. The fourth-order valence-corrected chi connectivity index (χ4v) is 2.58. The van der Waals surface area contributed by atoms with Gasteiger partial charge in [-0.05, 0) is 32.2 Å². The summed E-state index contributed by atoms with van der Waals surface area (Å²) < 4.78 is 0. The van der Waals surface area contributed by atoms with Gasteiger partial charge in [-0.25, -0.2) is 0 Å². The topological polar surface area (TPSA) is 62.6 Å². The highest BCUT2D eigenvalue weighted by Gasteiger charge is 2.24. The number of carbonyl (C=O) groups is 2.